The van der Waals surface area contributed by atoms with E-state index in [1.54, 1.807) is 12.1 Å². The Morgan fingerprint density at radius 2 is 1.35 bits per heavy atom. The van der Waals surface area contributed by atoms with Gasteiger partial charge in [0.05, 0.1) is 9.79 Å². The first kappa shape index (κ1) is 31.3. The van der Waals surface area contributed by atoms with E-state index in [0.717, 1.165) is 23.6 Å². The Bertz CT molecular complexity index is 1640. The van der Waals surface area contributed by atoms with Gasteiger partial charge in [0.2, 0.25) is 9.84 Å². The van der Waals surface area contributed by atoms with Gasteiger partial charge in [-0.3, -0.25) is 0 Å². The highest BCUT2D eigenvalue weighted by molar-refractivity contribution is 7.91. The van der Waals surface area contributed by atoms with Crippen molar-refractivity contribution >= 4 is 21.9 Å². The lowest BCUT2D eigenvalue weighted by atomic mass is 9.99. The summed E-state index contributed by atoms with van der Waals surface area (Å²) in [5.74, 6) is -1.21. The molecule has 0 atom stereocenters. The van der Waals surface area contributed by atoms with Crippen LogP contribution in [0.5, 0.6) is 5.75 Å². The molecule has 43 heavy (non-hydrogen) atoms. The van der Waals surface area contributed by atoms with Crippen LogP contribution in [-0.2, 0) is 34.0 Å². The number of amides is 1. The normalized spacial score (nSPS) is 11.5. The SMILES string of the molecule is CC(C)(CCc1ccccc1)OC(=O)NCCc1ccc(S(=O)(=O)c2ccc(OCc3ccccc3)c(C(=O)O)c2)cc1. The largest absolute Gasteiger partial charge is 0.488 e. The average Bonchev–Trinajstić information content (AvgIpc) is 3.00. The van der Waals surface area contributed by atoms with Crippen LogP contribution in [0.4, 0.5) is 4.79 Å². The molecule has 0 heterocycles. The summed E-state index contributed by atoms with van der Waals surface area (Å²) >= 11 is 0. The van der Waals surface area contributed by atoms with E-state index in [9.17, 15) is 23.1 Å². The van der Waals surface area contributed by atoms with Crippen LogP contribution in [0.2, 0.25) is 0 Å². The summed E-state index contributed by atoms with van der Waals surface area (Å²) in [4.78, 5) is 24.1. The molecule has 4 aromatic rings. The van der Waals surface area contributed by atoms with Gasteiger partial charge in [0.25, 0.3) is 0 Å². The van der Waals surface area contributed by atoms with Crippen molar-refractivity contribution in [1.29, 1.82) is 0 Å². The summed E-state index contributed by atoms with van der Waals surface area (Å²) in [7, 11) is -3.98. The van der Waals surface area contributed by atoms with E-state index in [2.05, 4.69) is 5.32 Å². The molecular weight excluding hydrogens is 566 g/mol. The number of sulfone groups is 1. The predicted molar refractivity (Wildman–Crippen MR) is 163 cm³/mol. The zero-order valence-corrected chi connectivity index (χ0v) is 25.0. The van der Waals surface area contributed by atoms with Gasteiger partial charge in [0.15, 0.2) is 0 Å². The average molecular weight is 602 g/mol. The highest BCUT2D eigenvalue weighted by Gasteiger charge is 2.24. The van der Waals surface area contributed by atoms with Crippen molar-refractivity contribution in [1.82, 2.24) is 5.32 Å². The quantitative estimate of drug-likeness (QED) is 0.180. The Morgan fingerprint density at radius 1 is 0.767 bits per heavy atom. The molecule has 0 aliphatic carbocycles. The maximum atomic E-state index is 13.3. The second-order valence-corrected chi connectivity index (χ2v) is 12.6. The number of carboxylic acid groups (broad SMARTS) is 1. The van der Waals surface area contributed by atoms with Crippen LogP contribution in [0.25, 0.3) is 0 Å². The number of carboxylic acids is 1. The number of hydrogen-bond acceptors (Lipinski definition) is 6. The van der Waals surface area contributed by atoms with Crippen LogP contribution in [0.3, 0.4) is 0 Å². The molecule has 0 bridgehead atoms. The predicted octanol–water partition coefficient (Wildman–Crippen LogP) is 6.48. The topological polar surface area (TPSA) is 119 Å². The number of aryl methyl sites for hydroxylation is 1. The van der Waals surface area contributed by atoms with E-state index in [1.165, 1.54) is 29.8 Å². The molecule has 0 radical (unpaired) electrons. The molecule has 0 aliphatic rings. The number of ether oxygens (including phenoxy) is 2. The second-order valence-electron chi connectivity index (χ2n) is 10.7. The van der Waals surface area contributed by atoms with E-state index in [0.29, 0.717) is 19.4 Å². The maximum Gasteiger partial charge on any atom is 0.407 e. The maximum absolute atomic E-state index is 13.3. The minimum absolute atomic E-state index is 0.0260. The number of aromatic carboxylic acids is 1. The van der Waals surface area contributed by atoms with Gasteiger partial charge in [-0.2, -0.15) is 0 Å². The molecule has 0 saturated heterocycles. The Labute approximate surface area is 252 Å². The number of alkyl carbamates (subject to hydrolysis) is 1. The van der Waals surface area contributed by atoms with Crippen LogP contribution in [0.15, 0.2) is 113 Å². The minimum Gasteiger partial charge on any atom is -0.488 e. The summed E-state index contributed by atoms with van der Waals surface area (Å²) in [5.41, 5.74) is 1.97. The summed E-state index contributed by atoms with van der Waals surface area (Å²) in [6.45, 7) is 4.21. The summed E-state index contributed by atoms with van der Waals surface area (Å²) in [5, 5.41) is 12.5. The molecule has 1 amide bonds. The van der Waals surface area contributed by atoms with Crippen molar-refractivity contribution in [2.45, 2.75) is 55.1 Å². The summed E-state index contributed by atoms with van der Waals surface area (Å²) in [6.07, 6.45) is 1.43. The molecule has 4 rings (SSSR count). The smallest absolute Gasteiger partial charge is 0.407 e. The number of benzene rings is 4. The lowest BCUT2D eigenvalue weighted by molar-refractivity contribution is 0.0331. The van der Waals surface area contributed by atoms with E-state index < -0.39 is 27.5 Å². The Balaban J connectivity index is 1.32. The van der Waals surface area contributed by atoms with Crippen LogP contribution in [0, 0.1) is 0 Å². The van der Waals surface area contributed by atoms with Crippen LogP contribution >= 0.6 is 0 Å². The Hall–Kier alpha value is -4.63. The third kappa shape index (κ3) is 8.93. The number of hydrogen-bond donors (Lipinski definition) is 2. The van der Waals surface area contributed by atoms with Crippen molar-refractivity contribution in [3.8, 4) is 5.75 Å². The van der Waals surface area contributed by atoms with Crippen LogP contribution < -0.4 is 10.1 Å². The highest BCUT2D eigenvalue weighted by Crippen LogP contribution is 2.28. The lowest BCUT2D eigenvalue weighted by Gasteiger charge is -2.25. The van der Waals surface area contributed by atoms with Gasteiger partial charge in [-0.15, -0.1) is 0 Å². The molecule has 8 nitrogen and oxygen atoms in total. The third-order valence-electron chi connectivity index (χ3n) is 6.87. The minimum atomic E-state index is -3.98. The summed E-state index contributed by atoms with van der Waals surface area (Å²) < 4.78 is 37.8. The molecule has 0 fully saturated rings. The van der Waals surface area contributed by atoms with Crippen molar-refractivity contribution in [3.05, 3.63) is 125 Å². The van der Waals surface area contributed by atoms with Crippen molar-refractivity contribution in [2.24, 2.45) is 0 Å². The first-order valence-electron chi connectivity index (χ1n) is 13.9. The number of rotatable bonds is 13. The monoisotopic (exact) mass is 601 g/mol. The Morgan fingerprint density at radius 3 is 1.98 bits per heavy atom. The molecule has 0 saturated carbocycles. The van der Waals surface area contributed by atoms with E-state index in [4.69, 9.17) is 9.47 Å². The number of carbonyl (C=O) groups is 2. The molecule has 2 N–H and O–H groups in total. The van der Waals surface area contributed by atoms with E-state index in [1.807, 2.05) is 74.5 Å². The number of nitrogens with one attached hydrogen (secondary N) is 1. The zero-order valence-electron chi connectivity index (χ0n) is 24.2. The fraction of sp³-hybridized carbons (Fsp3) is 0.235. The van der Waals surface area contributed by atoms with Crippen molar-refractivity contribution < 1.29 is 32.6 Å². The molecule has 0 aliphatic heterocycles. The first-order valence-corrected chi connectivity index (χ1v) is 15.4. The first-order chi connectivity index (χ1) is 20.5. The Kier molecular flexibility index (Phi) is 10.2. The van der Waals surface area contributed by atoms with Gasteiger partial charge in [-0.25, -0.2) is 18.0 Å². The second kappa shape index (κ2) is 14.0. The molecule has 0 spiro atoms. The molecule has 4 aromatic carbocycles. The number of carbonyl (C=O) groups excluding carboxylic acids is 1. The fourth-order valence-corrected chi connectivity index (χ4v) is 5.70. The molecule has 224 valence electrons. The van der Waals surface area contributed by atoms with Gasteiger partial charge < -0.3 is 19.9 Å². The molecule has 0 unspecified atom stereocenters. The van der Waals surface area contributed by atoms with Gasteiger partial charge in [-0.1, -0.05) is 72.8 Å². The van der Waals surface area contributed by atoms with Gasteiger partial charge >= 0.3 is 12.1 Å². The molecule has 0 aromatic heterocycles. The third-order valence-corrected chi connectivity index (χ3v) is 8.64. The fourth-order valence-electron chi connectivity index (χ4n) is 4.41. The van der Waals surface area contributed by atoms with Crippen LogP contribution in [0.1, 0.15) is 47.3 Å². The highest BCUT2D eigenvalue weighted by atomic mass is 32.2. The van der Waals surface area contributed by atoms with Gasteiger partial charge in [-0.05, 0) is 80.1 Å². The zero-order chi connectivity index (χ0) is 30.9. The van der Waals surface area contributed by atoms with E-state index >= 15 is 0 Å². The lowest BCUT2D eigenvalue weighted by Crippen LogP contribution is -2.35. The van der Waals surface area contributed by atoms with Crippen LogP contribution in [-0.4, -0.2) is 37.7 Å². The van der Waals surface area contributed by atoms with Crippen molar-refractivity contribution in [3.63, 3.8) is 0 Å². The van der Waals surface area contributed by atoms with Crippen molar-refractivity contribution in [2.75, 3.05) is 6.54 Å². The van der Waals surface area contributed by atoms with E-state index in [-0.39, 0.29) is 27.7 Å². The molecule has 9 heteroatoms. The van der Waals surface area contributed by atoms with Gasteiger partial charge in [0.1, 0.15) is 23.5 Å². The summed E-state index contributed by atoms with van der Waals surface area (Å²) in [6, 6.07) is 29.3. The molecular formula is C34H35NO7S. The van der Waals surface area contributed by atoms with Gasteiger partial charge in [0, 0.05) is 6.54 Å². The standard InChI is InChI=1S/C34H35NO7S/c1-34(2,21-19-25-9-5-3-6-10-25)42-33(38)35-22-20-26-13-15-28(16-14-26)43(39,40)29-17-18-31(30(23-29)32(36)37)41-24-27-11-7-4-8-12-27/h3-18,23H,19-22,24H2,1-2H3,(H,35,38)(H,36,37).